The van der Waals surface area contributed by atoms with Crippen LogP contribution in [-0.4, -0.2) is 53.9 Å². The van der Waals surface area contributed by atoms with Gasteiger partial charge in [0.05, 0.1) is 5.69 Å². The van der Waals surface area contributed by atoms with Crippen molar-refractivity contribution >= 4 is 78.5 Å². The van der Waals surface area contributed by atoms with Gasteiger partial charge in [-0.2, -0.15) is 0 Å². The van der Waals surface area contributed by atoms with Gasteiger partial charge in [-0.1, -0.05) is 30.3 Å². The van der Waals surface area contributed by atoms with Gasteiger partial charge < -0.3 is 13.1 Å². The zero-order chi connectivity index (χ0) is 17.3. The fourth-order valence-electron chi connectivity index (χ4n) is 2.40. The van der Waals surface area contributed by atoms with Crippen LogP contribution in [0.5, 0.6) is 5.75 Å². The van der Waals surface area contributed by atoms with Crippen LogP contribution >= 0.6 is 12.6 Å². The maximum atomic E-state index is 11.3. The molecular formula is C18H16CaN2O3S. The number of carboxylic acid groups (broad SMARTS) is 1. The predicted octanol–water partition coefficient (Wildman–Crippen LogP) is 5.10. The van der Waals surface area contributed by atoms with Crippen molar-refractivity contribution in [2.45, 2.75) is 11.8 Å². The summed E-state index contributed by atoms with van der Waals surface area (Å²) < 4.78 is 0. The molecule has 2 N–H and O–H groups in total. The summed E-state index contributed by atoms with van der Waals surface area (Å²) in [6, 6.07) is 14.0. The van der Waals surface area contributed by atoms with E-state index < -0.39 is 11.7 Å². The Morgan fingerprint density at radius 2 is 1.84 bits per heavy atom. The summed E-state index contributed by atoms with van der Waals surface area (Å²) in [5.74, 6) is -1.63. The Bertz CT molecular complexity index is 1000. The fourth-order valence-corrected chi connectivity index (χ4v) is 2.73. The minimum absolute atomic E-state index is 0. The number of rotatable bonds is 3. The molecule has 0 fully saturated rings. The van der Waals surface area contributed by atoms with Gasteiger partial charge in [0.15, 0.2) is 5.75 Å². The Morgan fingerprint density at radius 1 is 1.12 bits per heavy atom. The summed E-state index contributed by atoms with van der Waals surface area (Å²) >= 11 is 4.36. The van der Waals surface area contributed by atoms with Crippen LogP contribution in [0.25, 0.3) is 10.8 Å². The van der Waals surface area contributed by atoms with E-state index in [4.69, 9.17) is 0 Å². The van der Waals surface area contributed by atoms with Crippen LogP contribution in [0.15, 0.2) is 63.7 Å². The van der Waals surface area contributed by atoms with Crippen molar-refractivity contribution in [1.82, 2.24) is 0 Å². The first-order chi connectivity index (χ1) is 11.5. The second-order valence-electron chi connectivity index (χ2n) is 5.34. The van der Waals surface area contributed by atoms with E-state index in [0.717, 1.165) is 5.56 Å². The van der Waals surface area contributed by atoms with Crippen molar-refractivity contribution < 1.29 is 17.9 Å². The summed E-state index contributed by atoms with van der Waals surface area (Å²) in [6.45, 7) is 1.94. The van der Waals surface area contributed by atoms with Crippen LogP contribution < -0.4 is 0 Å². The van der Waals surface area contributed by atoms with Crippen LogP contribution in [0.2, 0.25) is 0 Å². The Labute approximate surface area is 182 Å². The number of hydrogen-bond acceptors (Lipinski definition) is 5. The SMILES string of the molecule is Cc1ccc(N=Nc2c(O)c(C(=O)O)cc3ccccc23)c(S)c1.[Ca+2].[H-].[H-]. The number of fused-ring (bicyclic) bond motifs is 1. The number of thiol groups is 1. The number of aryl methyl sites for hydroxylation is 1. The van der Waals surface area contributed by atoms with Gasteiger partial charge in [-0.3, -0.25) is 0 Å². The van der Waals surface area contributed by atoms with Crippen molar-refractivity contribution in [1.29, 1.82) is 0 Å². The minimum Gasteiger partial charge on any atom is -1.00 e. The molecule has 0 aliphatic carbocycles. The molecule has 7 heteroatoms. The molecule has 124 valence electrons. The zero-order valence-electron chi connectivity index (χ0n) is 15.5. The van der Waals surface area contributed by atoms with E-state index in [1.165, 1.54) is 6.07 Å². The molecule has 0 spiro atoms. The average Bonchev–Trinajstić information content (AvgIpc) is 2.55. The van der Waals surface area contributed by atoms with E-state index in [2.05, 4.69) is 22.9 Å². The second-order valence-corrected chi connectivity index (χ2v) is 5.82. The van der Waals surface area contributed by atoms with Gasteiger partial charge >= 0.3 is 43.7 Å². The van der Waals surface area contributed by atoms with E-state index in [9.17, 15) is 15.0 Å². The number of carboxylic acids is 1. The largest absolute Gasteiger partial charge is 2.00 e. The standard InChI is InChI=1S/C18H14N2O3S.Ca.2H/c1-10-6-7-14(15(24)8-10)19-20-16-12-5-3-2-4-11(12)9-13(17(16)21)18(22)23;;;/h2-9,21,24H,1H3,(H,22,23);;;/q;+2;2*-1. The van der Waals surface area contributed by atoms with E-state index in [-0.39, 0.29) is 51.8 Å². The fraction of sp³-hybridized carbons (Fsp3) is 0.0556. The molecule has 0 unspecified atom stereocenters. The molecule has 25 heavy (non-hydrogen) atoms. The molecule has 3 rings (SSSR count). The van der Waals surface area contributed by atoms with Gasteiger partial charge in [0.1, 0.15) is 11.3 Å². The zero-order valence-corrected chi connectivity index (χ0v) is 16.6. The molecule has 5 nitrogen and oxygen atoms in total. The van der Waals surface area contributed by atoms with E-state index in [1.54, 1.807) is 30.3 Å². The molecule has 3 aromatic carbocycles. The number of phenols is 1. The summed E-state index contributed by atoms with van der Waals surface area (Å²) in [4.78, 5) is 12.0. The first-order valence-electron chi connectivity index (χ1n) is 7.16. The third-order valence-corrected chi connectivity index (χ3v) is 3.97. The van der Waals surface area contributed by atoms with Crippen molar-refractivity contribution in [2.24, 2.45) is 10.2 Å². The monoisotopic (exact) mass is 380 g/mol. The molecule has 3 aromatic rings. The quantitative estimate of drug-likeness (QED) is 0.336. The van der Waals surface area contributed by atoms with Crippen molar-refractivity contribution in [3.05, 3.63) is 59.7 Å². The van der Waals surface area contributed by atoms with E-state index in [1.807, 2.05) is 19.1 Å². The summed E-state index contributed by atoms with van der Waals surface area (Å²) in [6.07, 6.45) is 0. The van der Waals surface area contributed by atoms with Crippen molar-refractivity contribution in [2.75, 3.05) is 0 Å². The van der Waals surface area contributed by atoms with Gasteiger partial charge in [-0.25, -0.2) is 4.79 Å². The third-order valence-electron chi connectivity index (χ3n) is 3.61. The van der Waals surface area contributed by atoms with Crippen molar-refractivity contribution in [3.8, 4) is 5.75 Å². The summed E-state index contributed by atoms with van der Waals surface area (Å²) in [5, 5.41) is 29.1. The molecule has 0 aliphatic rings. The molecule has 0 saturated heterocycles. The molecule has 0 aromatic heterocycles. The Hall–Kier alpha value is -1.60. The van der Waals surface area contributed by atoms with Gasteiger partial charge in [0.25, 0.3) is 0 Å². The summed E-state index contributed by atoms with van der Waals surface area (Å²) in [7, 11) is 0. The van der Waals surface area contributed by atoms with Crippen molar-refractivity contribution in [3.63, 3.8) is 0 Å². The minimum atomic E-state index is -1.22. The first-order valence-corrected chi connectivity index (χ1v) is 7.61. The molecule has 0 saturated carbocycles. The first kappa shape index (κ1) is 19.7. The van der Waals surface area contributed by atoms with Gasteiger partial charge in [-0.05, 0) is 36.1 Å². The Balaban J connectivity index is 0.00000225. The number of benzene rings is 3. The molecule has 0 radical (unpaired) electrons. The smallest absolute Gasteiger partial charge is 1.00 e. The third kappa shape index (κ3) is 4.15. The molecule has 0 amide bonds. The Kier molecular flexibility index (Phi) is 6.46. The average molecular weight is 380 g/mol. The number of nitrogens with zero attached hydrogens (tertiary/aromatic N) is 2. The van der Waals surface area contributed by atoms with E-state index in [0.29, 0.717) is 21.4 Å². The number of aromatic carboxylic acids is 1. The number of carbonyl (C=O) groups is 1. The number of hydrogen-bond donors (Lipinski definition) is 3. The normalized spacial score (nSPS) is 10.8. The van der Waals surface area contributed by atoms with Crippen LogP contribution in [-0.2, 0) is 0 Å². The van der Waals surface area contributed by atoms with Gasteiger partial charge in [0, 0.05) is 10.3 Å². The van der Waals surface area contributed by atoms with Crippen LogP contribution in [0.4, 0.5) is 11.4 Å². The van der Waals surface area contributed by atoms with Crippen LogP contribution in [0.1, 0.15) is 18.8 Å². The van der Waals surface area contributed by atoms with Crippen LogP contribution in [0, 0.1) is 6.92 Å². The second kappa shape index (κ2) is 8.19. The number of azo groups is 1. The summed E-state index contributed by atoms with van der Waals surface area (Å²) in [5.41, 5.74) is 1.49. The predicted molar refractivity (Wildman–Crippen MR) is 103 cm³/mol. The van der Waals surface area contributed by atoms with E-state index >= 15 is 0 Å². The van der Waals surface area contributed by atoms with Crippen LogP contribution in [0.3, 0.4) is 0 Å². The van der Waals surface area contributed by atoms with Gasteiger partial charge in [-0.15, -0.1) is 22.9 Å². The Morgan fingerprint density at radius 3 is 2.52 bits per heavy atom. The molecule has 0 atom stereocenters. The molecular weight excluding hydrogens is 364 g/mol. The van der Waals surface area contributed by atoms with Gasteiger partial charge in [0.2, 0.25) is 0 Å². The molecule has 0 bridgehead atoms. The molecule has 0 aliphatic heterocycles. The maximum Gasteiger partial charge on any atom is 2.00 e. The topological polar surface area (TPSA) is 82.2 Å². The molecule has 0 heterocycles. The number of aromatic hydroxyl groups is 1. The maximum absolute atomic E-state index is 11.3.